The second-order valence-electron chi connectivity index (χ2n) is 3.24. The first-order valence-electron chi connectivity index (χ1n) is 4.76. The Morgan fingerprint density at radius 1 is 1.40 bits per heavy atom. The molecule has 0 heterocycles. The molecule has 0 bridgehead atoms. The Bertz CT molecular complexity index is 362. The number of halogens is 2. The smallest absolute Gasteiger partial charge is 0.179 e. The van der Waals surface area contributed by atoms with E-state index in [2.05, 4.69) is 5.32 Å². The largest absolute Gasteiger partial charge is 0.310 e. The monoisotopic (exact) mass is 213 g/mol. The lowest BCUT2D eigenvalue weighted by atomic mass is 10.0. The number of nitrogens with one attached hydrogen (secondary N) is 1. The first-order valence-corrected chi connectivity index (χ1v) is 4.76. The van der Waals surface area contributed by atoms with Crippen LogP contribution in [0.5, 0.6) is 0 Å². The molecule has 0 aromatic heterocycles. The summed E-state index contributed by atoms with van der Waals surface area (Å²) in [5.41, 5.74) is 0.190. The highest BCUT2D eigenvalue weighted by Crippen LogP contribution is 2.11. The molecule has 15 heavy (non-hydrogen) atoms. The van der Waals surface area contributed by atoms with Crippen molar-refractivity contribution in [2.45, 2.75) is 19.4 Å². The van der Waals surface area contributed by atoms with Gasteiger partial charge in [0.1, 0.15) is 0 Å². The average Bonchev–Trinajstić information content (AvgIpc) is 2.23. The van der Waals surface area contributed by atoms with Crippen LogP contribution in [0.15, 0.2) is 18.2 Å². The number of Topliss-reactive ketones (excluding diaryl/α,β-unsaturated/α-hetero) is 1. The Hall–Kier alpha value is -1.29. The molecule has 0 spiro atoms. The van der Waals surface area contributed by atoms with E-state index >= 15 is 0 Å². The minimum Gasteiger partial charge on any atom is -0.310 e. The third-order valence-corrected chi connectivity index (χ3v) is 2.28. The van der Waals surface area contributed by atoms with E-state index in [1.165, 1.54) is 6.07 Å². The maximum atomic E-state index is 12.9. The van der Waals surface area contributed by atoms with Gasteiger partial charge in [0.15, 0.2) is 17.4 Å². The molecule has 1 unspecified atom stereocenters. The fourth-order valence-corrected chi connectivity index (χ4v) is 1.37. The van der Waals surface area contributed by atoms with E-state index in [1.807, 2.05) is 6.92 Å². The molecule has 1 N–H and O–H groups in total. The Morgan fingerprint density at radius 3 is 2.53 bits per heavy atom. The van der Waals surface area contributed by atoms with Gasteiger partial charge < -0.3 is 5.32 Å². The lowest BCUT2D eigenvalue weighted by Crippen LogP contribution is -2.33. The fraction of sp³-hybridized carbons (Fsp3) is 0.364. The van der Waals surface area contributed by atoms with E-state index in [4.69, 9.17) is 0 Å². The lowest BCUT2D eigenvalue weighted by molar-refractivity contribution is 0.0944. The fourth-order valence-electron chi connectivity index (χ4n) is 1.37. The molecule has 1 aromatic rings. The quantitative estimate of drug-likeness (QED) is 0.776. The molecule has 1 rings (SSSR count). The topological polar surface area (TPSA) is 29.1 Å². The van der Waals surface area contributed by atoms with E-state index in [-0.39, 0.29) is 17.4 Å². The molecular formula is C11H13F2NO. The van der Waals surface area contributed by atoms with Gasteiger partial charge in [-0.2, -0.15) is 0 Å². The molecule has 0 saturated heterocycles. The predicted octanol–water partition coefficient (Wildman–Crippen LogP) is 2.15. The summed E-state index contributed by atoms with van der Waals surface area (Å²) in [4.78, 5) is 11.7. The molecule has 1 aromatic carbocycles. The molecule has 0 aliphatic rings. The number of hydrogen-bond donors (Lipinski definition) is 1. The van der Waals surface area contributed by atoms with Crippen LogP contribution in [-0.2, 0) is 0 Å². The van der Waals surface area contributed by atoms with Gasteiger partial charge in [-0.15, -0.1) is 0 Å². The van der Waals surface area contributed by atoms with E-state index in [9.17, 15) is 13.6 Å². The van der Waals surface area contributed by atoms with Crippen LogP contribution in [-0.4, -0.2) is 18.9 Å². The van der Waals surface area contributed by atoms with Crippen molar-refractivity contribution < 1.29 is 13.6 Å². The SMILES string of the molecule is CCC(NC)C(=O)c1ccc(F)c(F)c1. The van der Waals surface area contributed by atoms with Gasteiger partial charge in [0, 0.05) is 5.56 Å². The van der Waals surface area contributed by atoms with Crippen molar-refractivity contribution in [3.63, 3.8) is 0 Å². The highest BCUT2D eigenvalue weighted by atomic mass is 19.2. The number of carbonyl (C=O) groups is 1. The Balaban J connectivity index is 2.96. The molecule has 4 heteroatoms. The average molecular weight is 213 g/mol. The second-order valence-corrected chi connectivity index (χ2v) is 3.24. The summed E-state index contributed by atoms with van der Waals surface area (Å²) < 4.78 is 25.5. The number of carbonyl (C=O) groups excluding carboxylic acids is 1. The third kappa shape index (κ3) is 2.59. The number of ketones is 1. The van der Waals surface area contributed by atoms with Gasteiger partial charge in [-0.1, -0.05) is 6.92 Å². The molecule has 0 amide bonds. The van der Waals surface area contributed by atoms with Crippen molar-refractivity contribution in [3.05, 3.63) is 35.4 Å². The van der Waals surface area contributed by atoms with Crippen molar-refractivity contribution in [3.8, 4) is 0 Å². The number of rotatable bonds is 4. The molecule has 0 saturated carbocycles. The zero-order valence-electron chi connectivity index (χ0n) is 8.68. The van der Waals surface area contributed by atoms with E-state index in [0.29, 0.717) is 6.42 Å². The minimum atomic E-state index is -0.994. The first kappa shape index (κ1) is 11.8. The van der Waals surface area contributed by atoms with Crippen LogP contribution in [0.25, 0.3) is 0 Å². The van der Waals surface area contributed by atoms with Gasteiger partial charge in [-0.25, -0.2) is 8.78 Å². The second kappa shape index (κ2) is 4.98. The molecule has 2 nitrogen and oxygen atoms in total. The summed E-state index contributed by atoms with van der Waals surface area (Å²) >= 11 is 0. The predicted molar refractivity (Wildman–Crippen MR) is 53.8 cm³/mol. The standard InChI is InChI=1S/C11H13F2NO/c1-3-10(14-2)11(15)7-4-5-8(12)9(13)6-7/h4-6,10,14H,3H2,1-2H3. The Morgan fingerprint density at radius 2 is 2.07 bits per heavy atom. The van der Waals surface area contributed by atoms with E-state index in [1.54, 1.807) is 7.05 Å². The summed E-state index contributed by atoms with van der Waals surface area (Å²) in [5, 5.41) is 2.82. The van der Waals surface area contributed by atoms with E-state index in [0.717, 1.165) is 12.1 Å². The van der Waals surface area contributed by atoms with Gasteiger partial charge >= 0.3 is 0 Å². The summed E-state index contributed by atoms with van der Waals surface area (Å²) in [6.07, 6.45) is 0.605. The maximum Gasteiger partial charge on any atom is 0.179 e. The Labute approximate surface area is 87.3 Å². The van der Waals surface area contributed by atoms with Crippen LogP contribution in [0.1, 0.15) is 23.7 Å². The van der Waals surface area contributed by atoms with Gasteiger partial charge in [0.05, 0.1) is 6.04 Å². The summed E-state index contributed by atoms with van der Waals surface area (Å²) in [6, 6.07) is 2.83. The van der Waals surface area contributed by atoms with Gasteiger partial charge in [0.2, 0.25) is 0 Å². The van der Waals surface area contributed by atoms with Crippen molar-refractivity contribution in [1.82, 2.24) is 5.32 Å². The number of hydrogen-bond acceptors (Lipinski definition) is 2. The van der Waals surface area contributed by atoms with Crippen molar-refractivity contribution >= 4 is 5.78 Å². The van der Waals surface area contributed by atoms with Gasteiger partial charge in [0.25, 0.3) is 0 Å². The summed E-state index contributed by atoms with van der Waals surface area (Å²) in [6.45, 7) is 1.85. The first-order chi connectivity index (χ1) is 7.10. The minimum absolute atomic E-state index is 0.190. The number of likely N-dealkylation sites (N-methyl/N-ethyl adjacent to an activating group) is 1. The van der Waals surface area contributed by atoms with Crippen molar-refractivity contribution in [2.75, 3.05) is 7.05 Å². The van der Waals surface area contributed by atoms with Crippen LogP contribution in [0.3, 0.4) is 0 Å². The molecule has 0 aliphatic carbocycles. The summed E-state index contributed by atoms with van der Waals surface area (Å²) in [7, 11) is 1.66. The van der Waals surface area contributed by atoms with E-state index < -0.39 is 11.6 Å². The Kier molecular flexibility index (Phi) is 3.91. The molecule has 0 radical (unpaired) electrons. The van der Waals surface area contributed by atoms with Crippen LogP contribution < -0.4 is 5.32 Å². The third-order valence-electron chi connectivity index (χ3n) is 2.28. The van der Waals surface area contributed by atoms with Crippen LogP contribution in [0.4, 0.5) is 8.78 Å². The molecule has 0 aliphatic heterocycles. The summed E-state index contributed by atoms with van der Waals surface area (Å²) in [5.74, 6) is -2.16. The van der Waals surface area contributed by atoms with Crippen molar-refractivity contribution in [1.29, 1.82) is 0 Å². The zero-order chi connectivity index (χ0) is 11.4. The zero-order valence-corrected chi connectivity index (χ0v) is 8.68. The van der Waals surface area contributed by atoms with Gasteiger partial charge in [-0.3, -0.25) is 4.79 Å². The highest BCUT2D eigenvalue weighted by Gasteiger charge is 2.17. The van der Waals surface area contributed by atoms with Crippen LogP contribution in [0, 0.1) is 11.6 Å². The number of benzene rings is 1. The maximum absolute atomic E-state index is 12.9. The molecule has 1 atom stereocenters. The molecular weight excluding hydrogens is 200 g/mol. The lowest BCUT2D eigenvalue weighted by Gasteiger charge is -2.12. The van der Waals surface area contributed by atoms with Gasteiger partial charge in [-0.05, 0) is 31.7 Å². The van der Waals surface area contributed by atoms with Crippen LogP contribution >= 0.6 is 0 Å². The normalized spacial score (nSPS) is 12.5. The highest BCUT2D eigenvalue weighted by molar-refractivity contribution is 6.00. The van der Waals surface area contributed by atoms with Crippen LogP contribution in [0.2, 0.25) is 0 Å². The molecule has 0 fully saturated rings. The van der Waals surface area contributed by atoms with Crippen molar-refractivity contribution in [2.24, 2.45) is 0 Å². The molecule has 82 valence electrons.